The third-order valence-electron chi connectivity index (χ3n) is 1.56. The highest BCUT2D eigenvalue weighted by Gasteiger charge is 2.63. The van der Waals surface area contributed by atoms with Gasteiger partial charge in [0.1, 0.15) is 0 Å². The maximum atomic E-state index is 12.4. The molecule has 92 valence electrons. The fraction of sp³-hybridized carbons (Fsp3) is 1.00. The van der Waals surface area contributed by atoms with Crippen LogP contribution in [-0.2, 0) is 0 Å². The molecule has 9 heteroatoms. The fourth-order valence-corrected chi connectivity index (χ4v) is 0.844. The zero-order valence-electron chi connectivity index (χ0n) is 7.31. The predicted octanol–water partition coefficient (Wildman–Crippen LogP) is 3.07. The highest BCUT2D eigenvalue weighted by Crippen LogP contribution is 2.39. The van der Waals surface area contributed by atoms with Gasteiger partial charge in [-0.15, -0.1) is 0 Å². The summed E-state index contributed by atoms with van der Waals surface area (Å²) >= 11 is 0. The van der Waals surface area contributed by atoms with Crippen LogP contribution in [0.25, 0.3) is 0 Å². The van der Waals surface area contributed by atoms with Crippen molar-refractivity contribution >= 4 is 0 Å². The van der Waals surface area contributed by atoms with Crippen molar-refractivity contribution in [2.75, 3.05) is 0 Å². The molecule has 0 aliphatic heterocycles. The smallest absolute Gasteiger partial charge is 0.219 e. The summed E-state index contributed by atoms with van der Waals surface area (Å²) in [4.78, 5) is 0. The molecule has 1 unspecified atom stereocenters. The van der Waals surface area contributed by atoms with Crippen LogP contribution in [-0.4, -0.2) is 24.4 Å². The van der Waals surface area contributed by atoms with E-state index in [0.29, 0.717) is 0 Å². The normalized spacial score (nSPS) is 16.6. The van der Waals surface area contributed by atoms with Gasteiger partial charge in [-0.3, -0.25) is 0 Å². The van der Waals surface area contributed by atoms with E-state index in [-0.39, 0.29) is 5.32 Å². The summed E-state index contributed by atoms with van der Waals surface area (Å²) in [5.41, 5.74) is 0. The van der Waals surface area contributed by atoms with Crippen molar-refractivity contribution in [3.05, 3.63) is 0 Å². The van der Waals surface area contributed by atoms with Gasteiger partial charge in [0.25, 0.3) is 0 Å². The minimum atomic E-state index is -6.01. The molecule has 0 rings (SSSR count). The first-order valence-corrected chi connectivity index (χ1v) is 3.70. The summed E-state index contributed by atoms with van der Waals surface area (Å²) in [6.07, 6.45) is -12.3. The average Bonchev–Trinajstić information content (AvgIpc) is 1.95. The zero-order chi connectivity index (χ0) is 12.5. The molecular formula is C6H7F8N. The molecule has 0 saturated carbocycles. The summed E-state index contributed by atoms with van der Waals surface area (Å²) in [5, 5.41) is 0.283. The monoisotopic (exact) mass is 245 g/mol. The number of hydrogen-bond acceptors (Lipinski definition) is 1. The van der Waals surface area contributed by atoms with E-state index in [4.69, 9.17) is 0 Å². The Morgan fingerprint density at radius 2 is 1.33 bits per heavy atom. The van der Waals surface area contributed by atoms with E-state index in [1.165, 1.54) is 0 Å². The predicted molar refractivity (Wildman–Crippen MR) is 34.3 cm³/mol. The summed E-state index contributed by atoms with van der Waals surface area (Å²) in [6, 6.07) is -3.02. The molecule has 1 N–H and O–H groups in total. The Balaban J connectivity index is 4.82. The van der Waals surface area contributed by atoms with Crippen LogP contribution in [0.1, 0.15) is 13.3 Å². The van der Waals surface area contributed by atoms with E-state index in [9.17, 15) is 35.1 Å². The third-order valence-corrected chi connectivity index (χ3v) is 1.56. The van der Waals surface area contributed by atoms with Crippen molar-refractivity contribution in [3.63, 3.8) is 0 Å². The molecule has 0 radical (unpaired) electrons. The van der Waals surface area contributed by atoms with E-state index in [1.54, 1.807) is 0 Å². The van der Waals surface area contributed by atoms with Crippen molar-refractivity contribution in [1.29, 1.82) is 0 Å². The molecule has 0 aromatic carbocycles. The van der Waals surface area contributed by atoms with Crippen molar-refractivity contribution in [2.24, 2.45) is 0 Å². The molecule has 0 heterocycles. The Morgan fingerprint density at radius 1 is 0.933 bits per heavy atom. The maximum absolute atomic E-state index is 12.4. The zero-order valence-corrected chi connectivity index (χ0v) is 7.31. The maximum Gasteiger partial charge on any atom is 0.457 e. The Labute approximate surface area is 79.4 Å². The van der Waals surface area contributed by atoms with E-state index < -0.39 is 30.9 Å². The van der Waals surface area contributed by atoms with E-state index in [2.05, 4.69) is 0 Å². The quantitative estimate of drug-likeness (QED) is 0.595. The molecule has 0 aromatic heterocycles. The van der Waals surface area contributed by atoms with Crippen molar-refractivity contribution in [3.8, 4) is 0 Å². The standard InChI is InChI=1S/C6H7F8N/c1-2-3(15-6(12,13)14)4(7,8)5(9,10)11/h3,15H,2H2,1H3. The second-order valence-electron chi connectivity index (χ2n) is 2.72. The lowest BCUT2D eigenvalue weighted by atomic mass is 10.1. The van der Waals surface area contributed by atoms with Gasteiger partial charge in [0, 0.05) is 0 Å². The minimum absolute atomic E-state index is 0.283. The number of nitrogens with one attached hydrogen (secondary N) is 1. The molecule has 0 bridgehead atoms. The van der Waals surface area contributed by atoms with Crippen LogP contribution in [0.3, 0.4) is 0 Å². The van der Waals surface area contributed by atoms with Gasteiger partial charge in [-0.2, -0.15) is 35.1 Å². The van der Waals surface area contributed by atoms with E-state index in [0.717, 1.165) is 6.92 Å². The molecule has 0 saturated heterocycles. The number of hydrogen-bond donors (Lipinski definition) is 1. The summed E-state index contributed by atoms with van der Waals surface area (Å²) in [6.45, 7) is 0.795. The molecule has 0 amide bonds. The minimum Gasteiger partial charge on any atom is -0.219 e. The van der Waals surface area contributed by atoms with Gasteiger partial charge in [-0.1, -0.05) is 6.92 Å². The summed E-state index contributed by atoms with van der Waals surface area (Å²) < 4.78 is 94.7. The molecule has 15 heavy (non-hydrogen) atoms. The lowest BCUT2D eigenvalue weighted by molar-refractivity contribution is -0.304. The Kier molecular flexibility index (Phi) is 3.94. The van der Waals surface area contributed by atoms with Crippen LogP contribution in [0.2, 0.25) is 0 Å². The molecule has 0 aromatic rings. The first-order chi connectivity index (χ1) is 6.42. The highest BCUT2D eigenvalue weighted by atomic mass is 19.4. The highest BCUT2D eigenvalue weighted by molar-refractivity contribution is 4.89. The van der Waals surface area contributed by atoms with Crippen LogP contribution in [0.5, 0.6) is 0 Å². The average molecular weight is 245 g/mol. The first kappa shape index (κ1) is 14.4. The van der Waals surface area contributed by atoms with Gasteiger partial charge >= 0.3 is 18.4 Å². The van der Waals surface area contributed by atoms with Crippen LogP contribution in [0.4, 0.5) is 35.1 Å². The lowest BCUT2D eigenvalue weighted by Gasteiger charge is -2.29. The van der Waals surface area contributed by atoms with Gasteiger partial charge in [0.2, 0.25) is 0 Å². The number of alkyl halides is 8. The topological polar surface area (TPSA) is 12.0 Å². The van der Waals surface area contributed by atoms with Gasteiger partial charge in [-0.05, 0) is 6.42 Å². The van der Waals surface area contributed by atoms with Gasteiger partial charge in [-0.25, -0.2) is 5.32 Å². The van der Waals surface area contributed by atoms with Gasteiger partial charge in [0.15, 0.2) is 0 Å². The largest absolute Gasteiger partial charge is 0.457 e. The SMILES string of the molecule is CCC(NC(F)(F)F)C(F)(F)C(F)(F)F. The first-order valence-electron chi connectivity index (χ1n) is 3.70. The number of halogens is 8. The van der Waals surface area contributed by atoms with Crippen LogP contribution < -0.4 is 5.32 Å². The molecule has 1 atom stereocenters. The summed E-state index contributed by atoms with van der Waals surface area (Å²) in [7, 11) is 0. The van der Waals surface area contributed by atoms with Gasteiger partial charge < -0.3 is 0 Å². The van der Waals surface area contributed by atoms with Crippen LogP contribution >= 0.6 is 0 Å². The molecule has 0 fully saturated rings. The third kappa shape index (κ3) is 3.80. The second kappa shape index (κ2) is 4.11. The second-order valence-corrected chi connectivity index (χ2v) is 2.72. The molecule has 0 spiro atoms. The Bertz CT molecular complexity index is 204. The molecule has 1 nitrogen and oxygen atoms in total. The van der Waals surface area contributed by atoms with Crippen molar-refractivity contribution < 1.29 is 35.1 Å². The fourth-order valence-electron chi connectivity index (χ4n) is 0.844. The summed E-state index contributed by atoms with van der Waals surface area (Å²) in [5.74, 6) is -5.42. The van der Waals surface area contributed by atoms with Gasteiger partial charge in [0.05, 0.1) is 6.04 Å². The molecule has 0 aliphatic rings. The van der Waals surface area contributed by atoms with Crippen molar-refractivity contribution in [2.45, 2.75) is 37.8 Å². The molecule has 0 aliphatic carbocycles. The van der Waals surface area contributed by atoms with Crippen molar-refractivity contribution in [1.82, 2.24) is 5.32 Å². The Hall–Kier alpha value is -0.600. The van der Waals surface area contributed by atoms with E-state index >= 15 is 0 Å². The van der Waals surface area contributed by atoms with Crippen LogP contribution in [0, 0.1) is 0 Å². The molecular weight excluding hydrogens is 238 g/mol. The Morgan fingerprint density at radius 3 is 1.53 bits per heavy atom. The lowest BCUT2D eigenvalue weighted by Crippen LogP contribution is -2.57. The van der Waals surface area contributed by atoms with Crippen LogP contribution in [0.15, 0.2) is 0 Å². The van der Waals surface area contributed by atoms with E-state index in [1.807, 2.05) is 0 Å². The number of rotatable bonds is 3.